The second-order valence-electron chi connectivity index (χ2n) is 6.22. The molecule has 2 aromatic heterocycles. The van der Waals surface area contributed by atoms with Gasteiger partial charge in [0.1, 0.15) is 4.83 Å². The van der Waals surface area contributed by atoms with Gasteiger partial charge in [0, 0.05) is 18.7 Å². The number of thiophene rings is 1. The molecule has 0 radical (unpaired) electrons. The van der Waals surface area contributed by atoms with Crippen LogP contribution in [0.5, 0.6) is 0 Å². The van der Waals surface area contributed by atoms with Crippen molar-refractivity contribution in [3.05, 3.63) is 57.5 Å². The number of hydrogen-bond donors (Lipinski definition) is 2. The van der Waals surface area contributed by atoms with E-state index in [-0.39, 0.29) is 36.9 Å². The number of anilines is 1. The quantitative estimate of drug-likeness (QED) is 0.681. The van der Waals surface area contributed by atoms with Crippen LogP contribution in [-0.2, 0) is 16.1 Å². The monoisotopic (exact) mass is 384 g/mol. The molecule has 2 heterocycles. The van der Waals surface area contributed by atoms with E-state index >= 15 is 0 Å². The number of nitrogens with zero attached hydrogens (tertiary/aromatic N) is 2. The van der Waals surface area contributed by atoms with Crippen LogP contribution in [-0.4, -0.2) is 27.9 Å². The molecule has 1 aromatic carbocycles. The van der Waals surface area contributed by atoms with Crippen molar-refractivity contribution in [2.45, 2.75) is 26.8 Å². The van der Waals surface area contributed by atoms with Gasteiger partial charge in [0.25, 0.3) is 5.56 Å². The van der Waals surface area contributed by atoms with Gasteiger partial charge in [-0.3, -0.25) is 19.0 Å². The van der Waals surface area contributed by atoms with E-state index in [1.807, 2.05) is 37.4 Å². The van der Waals surface area contributed by atoms with Crippen molar-refractivity contribution >= 4 is 39.1 Å². The van der Waals surface area contributed by atoms with Gasteiger partial charge in [0.2, 0.25) is 11.8 Å². The Labute approximate surface area is 160 Å². The van der Waals surface area contributed by atoms with Gasteiger partial charge >= 0.3 is 0 Å². The average molecular weight is 384 g/mol. The lowest BCUT2D eigenvalue weighted by molar-refractivity contribution is -0.124. The van der Waals surface area contributed by atoms with E-state index < -0.39 is 0 Å². The van der Waals surface area contributed by atoms with E-state index in [0.717, 1.165) is 16.8 Å². The first-order chi connectivity index (χ1) is 13.0. The van der Waals surface area contributed by atoms with E-state index in [4.69, 9.17) is 0 Å². The molecule has 2 N–H and O–H groups in total. The van der Waals surface area contributed by atoms with E-state index in [0.29, 0.717) is 10.2 Å². The number of fused-ring (bicyclic) bond motifs is 1. The van der Waals surface area contributed by atoms with E-state index in [1.54, 1.807) is 6.07 Å². The van der Waals surface area contributed by atoms with Gasteiger partial charge in [0.05, 0.1) is 18.3 Å². The maximum atomic E-state index is 12.3. The van der Waals surface area contributed by atoms with Gasteiger partial charge in [-0.15, -0.1) is 11.3 Å². The minimum atomic E-state index is -0.302. The van der Waals surface area contributed by atoms with Crippen LogP contribution in [0.2, 0.25) is 0 Å². The van der Waals surface area contributed by atoms with Gasteiger partial charge < -0.3 is 10.6 Å². The van der Waals surface area contributed by atoms with Crippen molar-refractivity contribution in [3.63, 3.8) is 0 Å². The number of hydrogen-bond acceptors (Lipinski definition) is 5. The Kier molecular flexibility index (Phi) is 5.66. The Morgan fingerprint density at radius 2 is 1.89 bits per heavy atom. The number of carbonyl (C=O) groups is 2. The van der Waals surface area contributed by atoms with Crippen LogP contribution in [0.25, 0.3) is 10.2 Å². The van der Waals surface area contributed by atoms with Crippen LogP contribution in [0, 0.1) is 13.8 Å². The van der Waals surface area contributed by atoms with E-state index in [1.165, 1.54) is 22.2 Å². The van der Waals surface area contributed by atoms with Gasteiger partial charge in [0.15, 0.2) is 0 Å². The summed E-state index contributed by atoms with van der Waals surface area (Å²) >= 11 is 1.40. The molecule has 0 aliphatic rings. The molecule has 3 aromatic rings. The zero-order chi connectivity index (χ0) is 19.4. The highest BCUT2D eigenvalue weighted by Gasteiger charge is 2.10. The Bertz CT molecular complexity index is 1030. The summed E-state index contributed by atoms with van der Waals surface area (Å²) in [4.78, 5) is 41.2. The van der Waals surface area contributed by atoms with Gasteiger partial charge in [-0.1, -0.05) is 18.2 Å². The summed E-state index contributed by atoms with van der Waals surface area (Å²) in [6.07, 6.45) is 1.54. The molecule has 0 spiro atoms. The van der Waals surface area contributed by atoms with Gasteiger partial charge in [-0.2, -0.15) is 0 Å². The average Bonchev–Trinajstić information content (AvgIpc) is 3.12. The molecular formula is C19H20N4O3S. The number of amides is 2. The predicted octanol–water partition coefficient (Wildman–Crippen LogP) is 2.22. The predicted molar refractivity (Wildman–Crippen MR) is 106 cm³/mol. The summed E-state index contributed by atoms with van der Waals surface area (Å²) in [5.41, 5.74) is 2.52. The molecule has 0 bridgehead atoms. The fourth-order valence-electron chi connectivity index (χ4n) is 2.74. The lowest BCUT2D eigenvalue weighted by Crippen LogP contribution is -2.34. The van der Waals surface area contributed by atoms with Crippen LogP contribution in [0.1, 0.15) is 17.5 Å². The molecule has 140 valence electrons. The fourth-order valence-corrected chi connectivity index (χ4v) is 3.46. The Morgan fingerprint density at radius 1 is 1.15 bits per heavy atom. The fraction of sp³-hybridized carbons (Fsp3) is 0.263. The molecule has 0 saturated carbocycles. The number of carbonyl (C=O) groups excluding carboxylic acids is 2. The highest BCUT2D eigenvalue weighted by Crippen LogP contribution is 2.19. The summed E-state index contributed by atoms with van der Waals surface area (Å²) < 4.78 is 1.41. The largest absolute Gasteiger partial charge is 0.347 e. The molecule has 27 heavy (non-hydrogen) atoms. The molecule has 8 heteroatoms. The van der Waals surface area contributed by atoms with Crippen molar-refractivity contribution in [1.29, 1.82) is 0 Å². The number of para-hydroxylation sites is 1. The number of rotatable bonds is 6. The smallest absolute Gasteiger partial charge is 0.262 e. The summed E-state index contributed by atoms with van der Waals surface area (Å²) in [5.74, 6) is -0.594. The standard InChI is InChI=1S/C19H20N4O3S/c1-12-4-3-5-13(2)17(12)22-16(25)10-20-15(24)6-8-23-11-21-18-14(19(23)26)7-9-27-18/h3-5,7,9,11H,6,8,10H2,1-2H3,(H,20,24)(H,22,25). The van der Waals surface area contributed by atoms with Crippen molar-refractivity contribution in [3.8, 4) is 0 Å². The van der Waals surface area contributed by atoms with Gasteiger partial charge in [-0.25, -0.2) is 4.98 Å². The first-order valence-corrected chi connectivity index (χ1v) is 9.39. The molecule has 0 saturated heterocycles. The van der Waals surface area contributed by atoms with Crippen LogP contribution < -0.4 is 16.2 Å². The highest BCUT2D eigenvalue weighted by atomic mass is 32.1. The van der Waals surface area contributed by atoms with Crippen molar-refractivity contribution in [2.24, 2.45) is 0 Å². The second-order valence-corrected chi connectivity index (χ2v) is 7.12. The highest BCUT2D eigenvalue weighted by molar-refractivity contribution is 7.16. The first kappa shape index (κ1) is 18.8. The molecule has 0 atom stereocenters. The van der Waals surface area contributed by atoms with Crippen molar-refractivity contribution in [1.82, 2.24) is 14.9 Å². The van der Waals surface area contributed by atoms with E-state index in [2.05, 4.69) is 15.6 Å². The normalized spacial score (nSPS) is 10.7. The third-order valence-corrected chi connectivity index (χ3v) is 5.04. The molecule has 0 unspecified atom stereocenters. The maximum absolute atomic E-state index is 12.3. The summed E-state index contributed by atoms with van der Waals surface area (Å²) in [7, 11) is 0. The Morgan fingerprint density at radius 3 is 2.63 bits per heavy atom. The lowest BCUT2D eigenvalue weighted by atomic mass is 10.1. The van der Waals surface area contributed by atoms with Gasteiger partial charge in [-0.05, 0) is 36.4 Å². The third kappa shape index (κ3) is 4.40. The number of nitrogens with one attached hydrogen (secondary N) is 2. The minimum absolute atomic E-state index is 0.0912. The SMILES string of the molecule is Cc1cccc(C)c1NC(=O)CNC(=O)CCn1cnc2sccc2c1=O. The second kappa shape index (κ2) is 8.13. The zero-order valence-electron chi connectivity index (χ0n) is 15.1. The molecular weight excluding hydrogens is 364 g/mol. The number of aryl methyl sites for hydroxylation is 3. The maximum Gasteiger partial charge on any atom is 0.262 e. The van der Waals surface area contributed by atoms with Crippen molar-refractivity contribution in [2.75, 3.05) is 11.9 Å². The molecule has 0 aliphatic carbocycles. The molecule has 7 nitrogen and oxygen atoms in total. The first-order valence-electron chi connectivity index (χ1n) is 8.51. The molecule has 0 fully saturated rings. The summed E-state index contributed by atoms with van der Waals surface area (Å²) in [5, 5.41) is 7.76. The topological polar surface area (TPSA) is 93.1 Å². The number of benzene rings is 1. The van der Waals surface area contributed by atoms with Crippen LogP contribution in [0.15, 0.2) is 40.8 Å². The Balaban J connectivity index is 1.51. The third-order valence-electron chi connectivity index (χ3n) is 4.22. The van der Waals surface area contributed by atoms with Crippen LogP contribution in [0.3, 0.4) is 0 Å². The minimum Gasteiger partial charge on any atom is -0.347 e. The molecule has 3 rings (SSSR count). The molecule has 2 amide bonds. The van der Waals surface area contributed by atoms with E-state index in [9.17, 15) is 14.4 Å². The van der Waals surface area contributed by atoms with Crippen molar-refractivity contribution < 1.29 is 9.59 Å². The Hall–Kier alpha value is -3.00. The summed E-state index contributed by atoms with van der Waals surface area (Å²) in [6, 6.07) is 7.48. The van der Waals surface area contributed by atoms with Crippen LogP contribution in [0.4, 0.5) is 5.69 Å². The molecule has 0 aliphatic heterocycles. The zero-order valence-corrected chi connectivity index (χ0v) is 15.9. The van der Waals surface area contributed by atoms with Crippen LogP contribution >= 0.6 is 11.3 Å². The summed E-state index contributed by atoms with van der Waals surface area (Å²) in [6.45, 7) is 3.92. The lowest BCUT2D eigenvalue weighted by Gasteiger charge is -2.12. The number of aromatic nitrogens is 2.